The Morgan fingerprint density at radius 3 is 2.33 bits per heavy atom. The first-order valence-electron chi connectivity index (χ1n) is 6.92. The average molecular weight is 343 g/mol. The topological polar surface area (TPSA) is 102 Å². The number of rotatable bonds is 5. The molecule has 2 rings (SSSR count). The number of nitrogens with one attached hydrogen (secondary N) is 1. The van der Waals surface area contributed by atoms with Crippen LogP contribution in [0.1, 0.15) is 27.1 Å². The van der Waals surface area contributed by atoms with E-state index >= 15 is 0 Å². The summed E-state index contributed by atoms with van der Waals surface area (Å²) in [5.74, 6) is -5.02. The summed E-state index contributed by atoms with van der Waals surface area (Å²) in [7, 11) is 2.19. The number of hydrogen-bond donors (Lipinski definition) is 2. The maximum atomic E-state index is 12.5. The maximum Gasteiger partial charge on any atom is 0.341 e. The predicted molar refractivity (Wildman–Crippen MR) is 77.0 cm³/mol. The number of carbonyl (C=O) groups is 3. The van der Waals surface area contributed by atoms with Gasteiger partial charge in [-0.1, -0.05) is 0 Å². The van der Waals surface area contributed by atoms with Crippen LogP contribution in [0.5, 0.6) is 5.75 Å². The third-order valence-electron chi connectivity index (χ3n) is 3.69. The van der Waals surface area contributed by atoms with Crippen LogP contribution < -0.4 is 5.32 Å². The molecule has 24 heavy (non-hydrogen) atoms. The molecule has 0 radical (unpaired) electrons. The van der Waals surface area contributed by atoms with Crippen molar-refractivity contribution in [3.8, 4) is 5.75 Å². The lowest BCUT2D eigenvalue weighted by Crippen LogP contribution is -2.18. The second-order valence-electron chi connectivity index (χ2n) is 5.23. The van der Waals surface area contributed by atoms with Crippen molar-refractivity contribution in [1.82, 2.24) is 0 Å². The first-order valence-corrected chi connectivity index (χ1v) is 6.92. The molecule has 130 valence electrons. The third kappa shape index (κ3) is 3.44. The minimum absolute atomic E-state index is 0.0326. The van der Waals surface area contributed by atoms with Gasteiger partial charge in [-0.3, -0.25) is 4.79 Å². The highest BCUT2D eigenvalue weighted by atomic mass is 19.3. The van der Waals surface area contributed by atoms with Gasteiger partial charge in [0.1, 0.15) is 5.56 Å². The van der Waals surface area contributed by atoms with Gasteiger partial charge in [0, 0.05) is 11.8 Å². The van der Waals surface area contributed by atoms with E-state index in [0.29, 0.717) is 0 Å². The van der Waals surface area contributed by atoms with Crippen LogP contribution in [0.2, 0.25) is 0 Å². The highest BCUT2D eigenvalue weighted by molar-refractivity contribution is 6.03. The van der Waals surface area contributed by atoms with Crippen LogP contribution in [-0.2, 0) is 14.3 Å². The highest BCUT2D eigenvalue weighted by Gasteiger charge is 2.49. The van der Waals surface area contributed by atoms with Gasteiger partial charge < -0.3 is 19.9 Å². The maximum absolute atomic E-state index is 12.5. The second-order valence-corrected chi connectivity index (χ2v) is 5.23. The first-order chi connectivity index (χ1) is 11.3. The lowest BCUT2D eigenvalue weighted by Gasteiger charge is -2.12. The van der Waals surface area contributed by atoms with Gasteiger partial charge in [0.05, 0.1) is 25.5 Å². The molecule has 1 amide bonds. The first kappa shape index (κ1) is 17.6. The minimum Gasteiger partial charge on any atom is -0.505 e. The van der Waals surface area contributed by atoms with Crippen molar-refractivity contribution in [1.29, 1.82) is 0 Å². The SMILES string of the molecule is COC(=O)c1cc(NC(=O)[C@H]2C[C@@H]2C(F)F)c(O)c(C(=O)OC)c1. The van der Waals surface area contributed by atoms with Crippen LogP contribution in [0, 0.1) is 11.8 Å². The fourth-order valence-corrected chi connectivity index (χ4v) is 2.25. The zero-order chi connectivity index (χ0) is 18.0. The molecule has 1 fully saturated rings. The molecule has 1 aromatic carbocycles. The van der Waals surface area contributed by atoms with Crippen molar-refractivity contribution >= 4 is 23.5 Å². The summed E-state index contributed by atoms with van der Waals surface area (Å²) in [6.07, 6.45) is -2.58. The molecule has 0 heterocycles. The largest absolute Gasteiger partial charge is 0.505 e. The molecule has 0 aromatic heterocycles. The summed E-state index contributed by atoms with van der Waals surface area (Å²) in [5, 5.41) is 12.3. The molecule has 0 unspecified atom stereocenters. The molecule has 1 aromatic rings. The smallest absolute Gasteiger partial charge is 0.341 e. The highest BCUT2D eigenvalue weighted by Crippen LogP contribution is 2.44. The summed E-state index contributed by atoms with van der Waals surface area (Å²) in [6, 6.07) is 2.13. The van der Waals surface area contributed by atoms with E-state index in [1.807, 2.05) is 0 Å². The van der Waals surface area contributed by atoms with Crippen LogP contribution in [0.25, 0.3) is 0 Å². The summed E-state index contributed by atoms with van der Waals surface area (Å²) >= 11 is 0. The molecule has 1 aliphatic rings. The van der Waals surface area contributed by atoms with E-state index < -0.39 is 41.9 Å². The lowest BCUT2D eigenvalue weighted by molar-refractivity contribution is -0.118. The molecule has 0 aliphatic heterocycles. The summed E-state index contributed by atoms with van der Waals surface area (Å²) in [4.78, 5) is 35.3. The van der Waals surface area contributed by atoms with E-state index in [1.54, 1.807) is 0 Å². The number of amides is 1. The number of methoxy groups -OCH3 is 2. The number of alkyl halides is 2. The number of phenolic OH excluding ortho intramolecular Hbond substituents is 1. The van der Waals surface area contributed by atoms with Crippen LogP contribution in [0.4, 0.5) is 14.5 Å². The third-order valence-corrected chi connectivity index (χ3v) is 3.69. The number of benzene rings is 1. The monoisotopic (exact) mass is 343 g/mol. The molecule has 1 aliphatic carbocycles. The van der Waals surface area contributed by atoms with Gasteiger partial charge in [0.25, 0.3) is 0 Å². The van der Waals surface area contributed by atoms with Crippen LogP contribution in [-0.4, -0.2) is 43.6 Å². The Bertz CT molecular complexity index is 691. The summed E-state index contributed by atoms with van der Waals surface area (Å²) < 4.78 is 34.1. The van der Waals surface area contributed by atoms with Gasteiger partial charge in [0.2, 0.25) is 12.3 Å². The minimum atomic E-state index is -2.61. The van der Waals surface area contributed by atoms with E-state index in [9.17, 15) is 28.3 Å². The molecule has 0 spiro atoms. The van der Waals surface area contributed by atoms with Gasteiger partial charge >= 0.3 is 11.9 Å². The van der Waals surface area contributed by atoms with E-state index in [-0.39, 0.29) is 23.2 Å². The van der Waals surface area contributed by atoms with Crippen molar-refractivity contribution in [3.63, 3.8) is 0 Å². The van der Waals surface area contributed by atoms with Gasteiger partial charge in [-0.15, -0.1) is 0 Å². The number of halogens is 2. The van der Waals surface area contributed by atoms with E-state index in [2.05, 4.69) is 14.8 Å². The zero-order valence-corrected chi connectivity index (χ0v) is 12.8. The van der Waals surface area contributed by atoms with E-state index in [1.165, 1.54) is 0 Å². The molecule has 9 heteroatoms. The number of esters is 2. The van der Waals surface area contributed by atoms with Crippen molar-refractivity contribution in [2.45, 2.75) is 12.8 Å². The van der Waals surface area contributed by atoms with E-state index in [4.69, 9.17) is 0 Å². The average Bonchev–Trinajstić information content (AvgIpc) is 3.36. The Hall–Kier alpha value is -2.71. The fourth-order valence-electron chi connectivity index (χ4n) is 2.25. The van der Waals surface area contributed by atoms with E-state index in [0.717, 1.165) is 26.4 Å². The van der Waals surface area contributed by atoms with Crippen molar-refractivity contribution < 1.29 is 37.7 Å². The number of carbonyl (C=O) groups excluding carboxylic acids is 3. The molecule has 7 nitrogen and oxygen atoms in total. The summed E-state index contributed by atoms with van der Waals surface area (Å²) in [5.41, 5.74) is -0.743. The number of anilines is 1. The molecular formula is C15H15F2NO6. The summed E-state index contributed by atoms with van der Waals surface area (Å²) in [6.45, 7) is 0. The molecule has 0 saturated heterocycles. The molecule has 1 saturated carbocycles. The number of phenols is 1. The Morgan fingerprint density at radius 1 is 1.21 bits per heavy atom. The molecule has 0 bridgehead atoms. The van der Waals surface area contributed by atoms with Gasteiger partial charge in [-0.25, -0.2) is 18.4 Å². The number of hydrogen-bond acceptors (Lipinski definition) is 6. The normalized spacial score (nSPS) is 18.9. The van der Waals surface area contributed by atoms with Crippen molar-refractivity contribution in [3.05, 3.63) is 23.3 Å². The standard InChI is InChI=1S/C15H15F2NO6/c1-23-14(21)6-3-9(15(22)24-2)11(19)10(4-6)18-13(20)8-5-7(8)12(16)17/h3-4,7-8,12,19H,5H2,1-2H3,(H,18,20)/t7-,8-/m0/s1. The quantitative estimate of drug-likeness (QED) is 0.624. The Balaban J connectivity index is 2.32. The Labute approximate surface area is 135 Å². The van der Waals surface area contributed by atoms with Gasteiger partial charge in [-0.05, 0) is 18.6 Å². The van der Waals surface area contributed by atoms with Crippen LogP contribution >= 0.6 is 0 Å². The second kappa shape index (κ2) is 6.81. The fraction of sp³-hybridized carbons (Fsp3) is 0.400. The number of ether oxygens (including phenoxy) is 2. The molecule has 2 atom stereocenters. The number of aromatic hydroxyl groups is 1. The van der Waals surface area contributed by atoms with Gasteiger partial charge in [-0.2, -0.15) is 0 Å². The zero-order valence-electron chi connectivity index (χ0n) is 12.8. The Morgan fingerprint density at radius 2 is 1.83 bits per heavy atom. The lowest BCUT2D eigenvalue weighted by atomic mass is 10.1. The van der Waals surface area contributed by atoms with Gasteiger partial charge in [0.15, 0.2) is 5.75 Å². The predicted octanol–water partition coefficient (Wildman–Crippen LogP) is 1.81. The van der Waals surface area contributed by atoms with Crippen molar-refractivity contribution in [2.24, 2.45) is 11.8 Å². The molecular weight excluding hydrogens is 328 g/mol. The van der Waals surface area contributed by atoms with Crippen LogP contribution in [0.15, 0.2) is 12.1 Å². The van der Waals surface area contributed by atoms with Crippen LogP contribution in [0.3, 0.4) is 0 Å². The molecule has 2 N–H and O–H groups in total. The van der Waals surface area contributed by atoms with Crippen molar-refractivity contribution in [2.75, 3.05) is 19.5 Å². The Kier molecular flexibility index (Phi) is 5.01.